The standard InChI is InChI=1S/C21H25ClN2O5S/c1-6-29-21(26)18-12-16(8-10-19(18)22)23-20(25)15(4)24(30(5,27)28)17-9-7-13(2)14(3)11-17/h7-12,15H,6H2,1-5H3,(H,23,25). The van der Waals surface area contributed by atoms with Crippen LogP contribution in [0.2, 0.25) is 5.02 Å². The third kappa shape index (κ3) is 5.52. The summed E-state index contributed by atoms with van der Waals surface area (Å²) in [5.41, 5.74) is 2.72. The Hall–Kier alpha value is -2.58. The number of benzene rings is 2. The number of hydrogen-bond donors (Lipinski definition) is 1. The highest BCUT2D eigenvalue weighted by molar-refractivity contribution is 7.92. The van der Waals surface area contributed by atoms with Gasteiger partial charge in [0.25, 0.3) is 0 Å². The molecule has 0 bridgehead atoms. The second kappa shape index (κ2) is 9.49. The average Bonchev–Trinajstić information content (AvgIpc) is 2.65. The molecule has 0 heterocycles. The van der Waals surface area contributed by atoms with Crippen LogP contribution in [-0.2, 0) is 19.6 Å². The Morgan fingerprint density at radius 3 is 2.37 bits per heavy atom. The van der Waals surface area contributed by atoms with Crippen molar-refractivity contribution >= 4 is 44.9 Å². The summed E-state index contributed by atoms with van der Waals surface area (Å²) in [5, 5.41) is 2.83. The Balaban J connectivity index is 2.33. The topological polar surface area (TPSA) is 92.8 Å². The van der Waals surface area contributed by atoms with Crippen LogP contribution in [0.15, 0.2) is 36.4 Å². The Bertz CT molecular complexity index is 1070. The van der Waals surface area contributed by atoms with Crippen LogP contribution in [0.3, 0.4) is 0 Å². The molecule has 0 aliphatic rings. The molecule has 2 aromatic carbocycles. The van der Waals surface area contributed by atoms with Gasteiger partial charge in [-0.2, -0.15) is 0 Å². The molecule has 7 nitrogen and oxygen atoms in total. The molecule has 9 heteroatoms. The van der Waals surface area contributed by atoms with Crippen LogP contribution < -0.4 is 9.62 Å². The molecule has 0 aliphatic carbocycles. The minimum Gasteiger partial charge on any atom is -0.462 e. The summed E-state index contributed by atoms with van der Waals surface area (Å²) < 4.78 is 30.9. The fourth-order valence-corrected chi connectivity index (χ4v) is 4.25. The minimum absolute atomic E-state index is 0.109. The first-order valence-electron chi connectivity index (χ1n) is 9.30. The van der Waals surface area contributed by atoms with Crippen molar-refractivity contribution in [2.24, 2.45) is 0 Å². The van der Waals surface area contributed by atoms with Crippen LogP contribution in [-0.4, -0.2) is 39.2 Å². The highest BCUT2D eigenvalue weighted by atomic mass is 35.5. The van der Waals surface area contributed by atoms with Crippen molar-refractivity contribution in [3.63, 3.8) is 0 Å². The molecule has 162 valence electrons. The zero-order valence-electron chi connectivity index (χ0n) is 17.5. The van der Waals surface area contributed by atoms with Crippen molar-refractivity contribution in [2.75, 3.05) is 22.5 Å². The molecule has 0 aromatic heterocycles. The first-order chi connectivity index (χ1) is 14.0. The number of anilines is 2. The van der Waals surface area contributed by atoms with Gasteiger partial charge in [-0.15, -0.1) is 0 Å². The number of amides is 1. The van der Waals surface area contributed by atoms with Crippen molar-refractivity contribution in [2.45, 2.75) is 33.7 Å². The second-order valence-corrected chi connectivity index (χ2v) is 9.17. The SMILES string of the molecule is CCOC(=O)c1cc(NC(=O)C(C)N(c2ccc(C)c(C)c2)S(C)(=O)=O)ccc1Cl. The smallest absolute Gasteiger partial charge is 0.339 e. The number of halogens is 1. The van der Waals surface area contributed by atoms with Gasteiger partial charge < -0.3 is 10.1 Å². The van der Waals surface area contributed by atoms with Gasteiger partial charge in [-0.25, -0.2) is 13.2 Å². The predicted octanol–water partition coefficient (Wildman–Crippen LogP) is 3.93. The van der Waals surface area contributed by atoms with Gasteiger partial charge in [0.1, 0.15) is 6.04 Å². The zero-order valence-corrected chi connectivity index (χ0v) is 19.1. The molecule has 0 fully saturated rings. The summed E-state index contributed by atoms with van der Waals surface area (Å²) in [4.78, 5) is 24.9. The third-order valence-electron chi connectivity index (χ3n) is 4.56. The number of carbonyl (C=O) groups excluding carboxylic acids is 2. The molecule has 0 aliphatic heterocycles. The third-order valence-corrected chi connectivity index (χ3v) is 6.13. The highest BCUT2D eigenvalue weighted by Gasteiger charge is 2.29. The number of ether oxygens (including phenoxy) is 1. The van der Waals surface area contributed by atoms with Gasteiger partial charge in [-0.1, -0.05) is 17.7 Å². The Morgan fingerprint density at radius 1 is 1.13 bits per heavy atom. The predicted molar refractivity (Wildman–Crippen MR) is 119 cm³/mol. The van der Waals surface area contributed by atoms with Crippen LogP contribution in [0, 0.1) is 13.8 Å². The lowest BCUT2D eigenvalue weighted by Gasteiger charge is -2.28. The molecule has 1 amide bonds. The van der Waals surface area contributed by atoms with Crippen molar-refractivity contribution in [1.82, 2.24) is 0 Å². The lowest BCUT2D eigenvalue weighted by atomic mass is 10.1. The summed E-state index contributed by atoms with van der Waals surface area (Å²) in [6.07, 6.45) is 1.05. The van der Waals surface area contributed by atoms with Gasteiger partial charge in [-0.3, -0.25) is 9.10 Å². The molecule has 0 spiro atoms. The maximum Gasteiger partial charge on any atom is 0.339 e. The van der Waals surface area contributed by atoms with Crippen molar-refractivity contribution in [3.8, 4) is 0 Å². The number of nitrogens with zero attached hydrogens (tertiary/aromatic N) is 1. The number of nitrogens with one attached hydrogen (secondary N) is 1. The van der Waals surface area contributed by atoms with E-state index in [-0.39, 0.29) is 17.2 Å². The minimum atomic E-state index is -3.74. The lowest BCUT2D eigenvalue weighted by Crippen LogP contribution is -2.45. The first kappa shape index (κ1) is 23.7. The van der Waals surface area contributed by atoms with E-state index in [1.165, 1.54) is 25.1 Å². The average molecular weight is 453 g/mol. The maximum atomic E-state index is 12.9. The molecule has 0 saturated carbocycles. The van der Waals surface area contributed by atoms with E-state index < -0.39 is 27.9 Å². The molecule has 1 N–H and O–H groups in total. The molecule has 0 saturated heterocycles. The Morgan fingerprint density at radius 2 is 1.80 bits per heavy atom. The fourth-order valence-electron chi connectivity index (χ4n) is 2.89. The van der Waals surface area contributed by atoms with E-state index in [0.29, 0.717) is 11.4 Å². The zero-order chi connectivity index (χ0) is 22.6. The summed E-state index contributed by atoms with van der Waals surface area (Å²) in [6, 6.07) is 8.53. The molecule has 1 unspecified atom stereocenters. The van der Waals surface area contributed by atoms with E-state index in [9.17, 15) is 18.0 Å². The highest BCUT2D eigenvalue weighted by Crippen LogP contribution is 2.25. The molecule has 2 rings (SSSR count). The van der Waals surface area contributed by atoms with E-state index >= 15 is 0 Å². The van der Waals surface area contributed by atoms with Gasteiger partial charge >= 0.3 is 5.97 Å². The van der Waals surface area contributed by atoms with E-state index in [1.807, 2.05) is 13.8 Å². The molecule has 1 atom stereocenters. The van der Waals surface area contributed by atoms with Gasteiger partial charge in [0, 0.05) is 5.69 Å². The van der Waals surface area contributed by atoms with Crippen LogP contribution in [0.5, 0.6) is 0 Å². The normalized spacial score (nSPS) is 12.2. The van der Waals surface area contributed by atoms with Crippen LogP contribution in [0.25, 0.3) is 0 Å². The van der Waals surface area contributed by atoms with Crippen LogP contribution in [0.4, 0.5) is 11.4 Å². The maximum absolute atomic E-state index is 12.9. The van der Waals surface area contributed by atoms with Crippen LogP contribution in [0.1, 0.15) is 35.3 Å². The van der Waals surface area contributed by atoms with Crippen molar-refractivity contribution < 1.29 is 22.7 Å². The number of rotatable bonds is 7. The number of hydrogen-bond acceptors (Lipinski definition) is 5. The largest absolute Gasteiger partial charge is 0.462 e. The van der Waals surface area contributed by atoms with Gasteiger partial charge in [0.2, 0.25) is 15.9 Å². The van der Waals surface area contributed by atoms with E-state index in [1.54, 1.807) is 25.1 Å². The lowest BCUT2D eigenvalue weighted by molar-refractivity contribution is -0.116. The summed E-state index contributed by atoms with van der Waals surface area (Å²) >= 11 is 6.04. The summed E-state index contributed by atoms with van der Waals surface area (Å²) in [5.74, 6) is -1.17. The number of aryl methyl sites for hydroxylation is 2. The molecule has 30 heavy (non-hydrogen) atoms. The molecule has 0 radical (unpaired) electrons. The molecular weight excluding hydrogens is 428 g/mol. The fraction of sp³-hybridized carbons (Fsp3) is 0.333. The quantitative estimate of drug-likeness (QED) is 0.642. The van der Waals surface area contributed by atoms with Crippen molar-refractivity contribution in [1.29, 1.82) is 0 Å². The first-order valence-corrected chi connectivity index (χ1v) is 11.5. The number of carbonyl (C=O) groups is 2. The molecule has 2 aromatic rings. The van der Waals surface area contributed by atoms with E-state index in [4.69, 9.17) is 16.3 Å². The monoisotopic (exact) mass is 452 g/mol. The Kier molecular flexibility index (Phi) is 7.49. The number of esters is 1. The second-order valence-electron chi connectivity index (χ2n) is 6.91. The van der Waals surface area contributed by atoms with Gasteiger partial charge in [0.05, 0.1) is 29.1 Å². The van der Waals surface area contributed by atoms with Gasteiger partial charge in [0.15, 0.2) is 0 Å². The van der Waals surface area contributed by atoms with E-state index in [2.05, 4.69) is 5.32 Å². The van der Waals surface area contributed by atoms with Gasteiger partial charge in [-0.05, 0) is 69.2 Å². The van der Waals surface area contributed by atoms with Crippen molar-refractivity contribution in [3.05, 3.63) is 58.1 Å². The molecular formula is C21H25ClN2O5S. The van der Waals surface area contributed by atoms with Crippen LogP contribution >= 0.6 is 11.6 Å². The van der Waals surface area contributed by atoms with E-state index in [0.717, 1.165) is 21.7 Å². The number of sulfonamides is 1. The summed E-state index contributed by atoms with van der Waals surface area (Å²) in [6.45, 7) is 7.14. The summed E-state index contributed by atoms with van der Waals surface area (Å²) in [7, 11) is -3.74. The Labute approximate surface area is 182 Å².